The zero-order valence-electron chi connectivity index (χ0n) is 12.4. The Labute approximate surface area is 125 Å². The van der Waals surface area contributed by atoms with Crippen LogP contribution in [0.4, 0.5) is 0 Å². The number of hydrogen-bond acceptors (Lipinski definition) is 3. The van der Waals surface area contributed by atoms with Crippen LogP contribution >= 0.6 is 11.8 Å². The fraction of sp³-hybridized carbons (Fsp3) is 0.438. The van der Waals surface area contributed by atoms with Gasteiger partial charge in [0, 0.05) is 22.4 Å². The smallest absolute Gasteiger partial charge is 0.251 e. The number of rotatable bonds is 4. The highest BCUT2D eigenvalue weighted by atomic mass is 32.2. The second-order valence-electron chi connectivity index (χ2n) is 5.14. The zero-order chi connectivity index (χ0) is 15.2. The molecule has 2 N–H and O–H groups in total. The van der Waals surface area contributed by atoms with Crippen molar-refractivity contribution in [2.24, 2.45) is 0 Å². The van der Waals surface area contributed by atoms with E-state index in [9.17, 15) is 4.79 Å². The van der Waals surface area contributed by atoms with Crippen molar-refractivity contribution in [3.8, 4) is 11.8 Å². The van der Waals surface area contributed by atoms with E-state index in [1.165, 1.54) is 0 Å². The van der Waals surface area contributed by atoms with Crippen molar-refractivity contribution in [3.63, 3.8) is 0 Å². The molecule has 0 aliphatic carbocycles. The van der Waals surface area contributed by atoms with Gasteiger partial charge in [-0.15, -0.1) is 0 Å². The quantitative estimate of drug-likeness (QED) is 0.836. The molecule has 3 nitrogen and oxygen atoms in total. The van der Waals surface area contributed by atoms with Gasteiger partial charge in [-0.3, -0.25) is 4.79 Å². The summed E-state index contributed by atoms with van der Waals surface area (Å²) in [4.78, 5) is 12.1. The lowest BCUT2D eigenvalue weighted by Crippen LogP contribution is -2.36. The Hall–Kier alpha value is -1.44. The van der Waals surface area contributed by atoms with Crippen molar-refractivity contribution >= 4 is 17.7 Å². The number of carbonyl (C=O) groups is 1. The largest absolute Gasteiger partial charge is 0.384 e. The van der Waals surface area contributed by atoms with Gasteiger partial charge in [0.25, 0.3) is 5.91 Å². The number of aryl methyl sites for hydroxylation is 1. The molecule has 0 aliphatic rings. The van der Waals surface area contributed by atoms with Crippen molar-refractivity contribution in [3.05, 3.63) is 34.9 Å². The molecular weight excluding hydrogens is 270 g/mol. The van der Waals surface area contributed by atoms with Gasteiger partial charge in [0.1, 0.15) is 6.61 Å². The molecule has 0 saturated heterocycles. The lowest BCUT2D eigenvalue weighted by Gasteiger charge is -2.22. The summed E-state index contributed by atoms with van der Waals surface area (Å²) in [7, 11) is 0. The molecule has 0 aliphatic heterocycles. The first kappa shape index (κ1) is 16.6. The lowest BCUT2D eigenvalue weighted by atomic mass is 10.0. The number of aliphatic hydroxyl groups excluding tert-OH is 1. The molecule has 1 amide bonds. The fourth-order valence-electron chi connectivity index (χ4n) is 1.50. The molecule has 0 spiro atoms. The van der Waals surface area contributed by atoms with Crippen molar-refractivity contribution in [2.75, 3.05) is 19.4 Å². The van der Waals surface area contributed by atoms with E-state index in [1.807, 2.05) is 19.2 Å². The summed E-state index contributed by atoms with van der Waals surface area (Å²) < 4.78 is 0.0138. The first-order valence-corrected chi connectivity index (χ1v) is 7.66. The van der Waals surface area contributed by atoms with Gasteiger partial charge in [-0.25, -0.2) is 0 Å². The normalized spacial score (nSPS) is 10.7. The number of aliphatic hydroxyl groups is 1. The van der Waals surface area contributed by atoms with E-state index in [-0.39, 0.29) is 17.3 Å². The molecule has 20 heavy (non-hydrogen) atoms. The Bertz CT molecular complexity index is 541. The highest BCUT2D eigenvalue weighted by Crippen LogP contribution is 2.19. The second kappa shape index (κ2) is 7.37. The van der Waals surface area contributed by atoms with Crippen molar-refractivity contribution < 1.29 is 9.90 Å². The Kier molecular flexibility index (Phi) is 6.12. The average molecular weight is 291 g/mol. The third-order valence-corrected chi connectivity index (χ3v) is 4.28. The summed E-state index contributed by atoms with van der Waals surface area (Å²) in [6.07, 6.45) is 2.03. The van der Waals surface area contributed by atoms with E-state index in [2.05, 4.69) is 31.0 Å². The fourth-order valence-corrected chi connectivity index (χ4v) is 1.72. The first-order valence-electron chi connectivity index (χ1n) is 6.43. The Morgan fingerprint density at radius 2 is 2.15 bits per heavy atom. The van der Waals surface area contributed by atoms with Gasteiger partial charge < -0.3 is 10.4 Å². The van der Waals surface area contributed by atoms with Gasteiger partial charge in [-0.2, -0.15) is 11.8 Å². The van der Waals surface area contributed by atoms with Crippen LogP contribution in [0, 0.1) is 18.8 Å². The zero-order valence-corrected chi connectivity index (χ0v) is 13.2. The molecule has 0 atom stereocenters. The first-order chi connectivity index (χ1) is 9.39. The Morgan fingerprint density at radius 3 is 2.75 bits per heavy atom. The number of hydrogen-bond donors (Lipinski definition) is 2. The van der Waals surface area contributed by atoms with Crippen LogP contribution in [0.3, 0.4) is 0 Å². The predicted octanol–water partition coefficient (Wildman–Crippen LogP) is 2.21. The summed E-state index contributed by atoms with van der Waals surface area (Å²) in [6, 6.07) is 5.43. The van der Waals surface area contributed by atoms with Crippen molar-refractivity contribution in [1.82, 2.24) is 5.32 Å². The van der Waals surface area contributed by atoms with Crippen LogP contribution in [0.25, 0.3) is 0 Å². The summed E-state index contributed by atoms with van der Waals surface area (Å²) in [5.74, 6) is 5.37. The molecule has 0 radical (unpaired) electrons. The maximum Gasteiger partial charge on any atom is 0.251 e. The maximum absolute atomic E-state index is 12.1. The third kappa shape index (κ3) is 4.92. The molecule has 108 valence electrons. The molecule has 1 aromatic rings. The standard InChI is InChI=1S/C16H21NO2S/c1-12-7-8-14(10-13(12)6-5-9-18)15(19)17-11-16(2,3)20-4/h7-8,10,18H,9,11H2,1-4H3,(H,17,19). The summed E-state index contributed by atoms with van der Waals surface area (Å²) in [5.41, 5.74) is 2.36. The van der Waals surface area contributed by atoms with E-state index in [1.54, 1.807) is 23.9 Å². The SMILES string of the molecule is CSC(C)(C)CNC(=O)c1ccc(C)c(C#CCO)c1. The molecule has 1 aromatic carbocycles. The van der Waals surface area contributed by atoms with Crippen LogP contribution in [0.2, 0.25) is 0 Å². The predicted molar refractivity (Wildman–Crippen MR) is 85.1 cm³/mol. The number of carbonyl (C=O) groups excluding carboxylic acids is 1. The van der Waals surface area contributed by atoms with Crippen LogP contribution in [0.15, 0.2) is 18.2 Å². The highest BCUT2D eigenvalue weighted by molar-refractivity contribution is 7.99. The van der Waals surface area contributed by atoms with E-state index in [0.29, 0.717) is 12.1 Å². The molecule has 1 rings (SSSR count). The molecule has 0 unspecified atom stereocenters. The summed E-state index contributed by atoms with van der Waals surface area (Å²) in [6.45, 7) is 6.53. The molecule has 0 heterocycles. The molecule has 4 heteroatoms. The molecule has 0 bridgehead atoms. The summed E-state index contributed by atoms with van der Waals surface area (Å²) >= 11 is 1.72. The number of benzene rings is 1. The van der Waals surface area contributed by atoms with E-state index < -0.39 is 0 Å². The lowest BCUT2D eigenvalue weighted by molar-refractivity contribution is 0.0951. The molecule has 0 fully saturated rings. The van der Waals surface area contributed by atoms with Crippen LogP contribution < -0.4 is 5.32 Å². The minimum atomic E-state index is -0.183. The topological polar surface area (TPSA) is 49.3 Å². The molecule has 0 saturated carbocycles. The highest BCUT2D eigenvalue weighted by Gasteiger charge is 2.17. The molecular formula is C16H21NO2S. The molecule has 0 aromatic heterocycles. The second-order valence-corrected chi connectivity index (χ2v) is 6.65. The van der Waals surface area contributed by atoms with Gasteiger partial charge in [0.2, 0.25) is 0 Å². The van der Waals surface area contributed by atoms with Crippen LogP contribution in [0.1, 0.15) is 35.3 Å². The third-order valence-electron chi connectivity index (χ3n) is 3.03. The number of thioether (sulfide) groups is 1. The van der Waals surface area contributed by atoms with Gasteiger partial charge in [0.05, 0.1) is 0 Å². The Balaban J connectivity index is 2.84. The maximum atomic E-state index is 12.1. The van der Waals surface area contributed by atoms with Gasteiger partial charge in [-0.05, 0) is 44.7 Å². The van der Waals surface area contributed by atoms with Crippen LogP contribution in [0.5, 0.6) is 0 Å². The summed E-state index contributed by atoms with van der Waals surface area (Å²) in [5, 5.41) is 11.7. The van der Waals surface area contributed by atoms with Crippen LogP contribution in [-0.2, 0) is 0 Å². The van der Waals surface area contributed by atoms with Gasteiger partial charge in [-0.1, -0.05) is 17.9 Å². The van der Waals surface area contributed by atoms with Crippen molar-refractivity contribution in [1.29, 1.82) is 0 Å². The van der Waals surface area contributed by atoms with Crippen molar-refractivity contribution in [2.45, 2.75) is 25.5 Å². The van der Waals surface area contributed by atoms with Gasteiger partial charge in [0.15, 0.2) is 0 Å². The van der Waals surface area contributed by atoms with E-state index >= 15 is 0 Å². The Morgan fingerprint density at radius 1 is 1.45 bits per heavy atom. The minimum absolute atomic E-state index is 0.0138. The van der Waals surface area contributed by atoms with Gasteiger partial charge >= 0.3 is 0 Å². The van der Waals surface area contributed by atoms with E-state index in [4.69, 9.17) is 5.11 Å². The van der Waals surface area contributed by atoms with E-state index in [0.717, 1.165) is 11.1 Å². The number of amides is 1. The average Bonchev–Trinajstić information content (AvgIpc) is 2.44. The van der Waals surface area contributed by atoms with Crippen LogP contribution in [-0.4, -0.2) is 35.2 Å². The minimum Gasteiger partial charge on any atom is -0.384 e. The number of nitrogens with one attached hydrogen (secondary N) is 1. The monoisotopic (exact) mass is 291 g/mol.